The minimum absolute atomic E-state index is 0.0657. The second-order valence-corrected chi connectivity index (χ2v) is 7.59. The molecule has 1 amide bonds. The fourth-order valence-electron chi connectivity index (χ4n) is 2.17. The van der Waals surface area contributed by atoms with Crippen molar-refractivity contribution in [2.75, 3.05) is 14.2 Å². The van der Waals surface area contributed by atoms with Crippen molar-refractivity contribution < 1.29 is 17.9 Å². The van der Waals surface area contributed by atoms with E-state index in [2.05, 4.69) is 0 Å². The predicted octanol–water partition coefficient (Wildman–Crippen LogP) is 2.27. The smallest absolute Gasteiger partial charge is 0.248 e. The summed E-state index contributed by atoms with van der Waals surface area (Å²) in [6.45, 7) is 0.0869. The molecule has 0 saturated carbocycles. The zero-order chi connectivity index (χ0) is 17.9. The number of primary amides is 1. The minimum atomic E-state index is -3.73. The Morgan fingerprint density at radius 1 is 1.21 bits per heavy atom. The number of nitrogens with zero attached hydrogens (tertiary/aromatic N) is 1. The number of hydrogen-bond donors (Lipinski definition) is 1. The summed E-state index contributed by atoms with van der Waals surface area (Å²) in [4.78, 5) is 11.1. The Kier molecular flexibility index (Phi) is 5.48. The van der Waals surface area contributed by atoms with Crippen LogP contribution in [0.1, 0.15) is 15.9 Å². The third-order valence-electron chi connectivity index (χ3n) is 3.48. The molecule has 2 aromatic carbocycles. The summed E-state index contributed by atoms with van der Waals surface area (Å²) in [5.41, 5.74) is 6.04. The fraction of sp³-hybridized carbons (Fsp3) is 0.188. The molecule has 0 aliphatic carbocycles. The van der Waals surface area contributed by atoms with Crippen LogP contribution >= 0.6 is 11.6 Å². The summed E-state index contributed by atoms with van der Waals surface area (Å²) < 4.78 is 31.7. The molecule has 0 unspecified atom stereocenters. The van der Waals surface area contributed by atoms with Crippen LogP contribution in [0.4, 0.5) is 0 Å². The van der Waals surface area contributed by atoms with Gasteiger partial charge < -0.3 is 10.5 Å². The van der Waals surface area contributed by atoms with Gasteiger partial charge in [-0.15, -0.1) is 0 Å². The van der Waals surface area contributed by atoms with E-state index in [9.17, 15) is 13.2 Å². The van der Waals surface area contributed by atoms with E-state index in [0.717, 1.165) is 0 Å². The maximum absolute atomic E-state index is 12.6. The molecule has 0 saturated heterocycles. The van der Waals surface area contributed by atoms with Crippen molar-refractivity contribution in [3.8, 4) is 5.75 Å². The molecule has 0 spiro atoms. The lowest BCUT2D eigenvalue weighted by molar-refractivity contribution is 0.1000. The first-order valence-electron chi connectivity index (χ1n) is 6.94. The van der Waals surface area contributed by atoms with Crippen LogP contribution < -0.4 is 10.5 Å². The van der Waals surface area contributed by atoms with E-state index in [1.165, 1.54) is 42.7 Å². The molecule has 0 aromatic heterocycles. The molecule has 0 radical (unpaired) electrons. The van der Waals surface area contributed by atoms with Gasteiger partial charge in [-0.05, 0) is 42.5 Å². The van der Waals surface area contributed by atoms with E-state index in [-0.39, 0.29) is 17.0 Å². The van der Waals surface area contributed by atoms with E-state index in [1.807, 2.05) is 0 Å². The first kappa shape index (κ1) is 18.3. The van der Waals surface area contributed by atoms with E-state index < -0.39 is 15.9 Å². The van der Waals surface area contributed by atoms with Gasteiger partial charge in [0.2, 0.25) is 15.9 Å². The number of halogens is 1. The number of ether oxygens (including phenoxy) is 1. The number of hydrogen-bond acceptors (Lipinski definition) is 4. The molecule has 0 aliphatic heterocycles. The largest absolute Gasteiger partial charge is 0.496 e. The zero-order valence-corrected chi connectivity index (χ0v) is 14.8. The number of methoxy groups -OCH3 is 1. The summed E-state index contributed by atoms with van der Waals surface area (Å²) in [6.07, 6.45) is 0. The lowest BCUT2D eigenvalue weighted by atomic mass is 10.2. The van der Waals surface area contributed by atoms with Crippen LogP contribution in [0, 0.1) is 0 Å². The van der Waals surface area contributed by atoms with Gasteiger partial charge in [0.25, 0.3) is 0 Å². The molecular formula is C16H17ClN2O4S. The number of rotatable bonds is 6. The van der Waals surface area contributed by atoms with Gasteiger partial charge in [-0.1, -0.05) is 11.6 Å². The molecule has 24 heavy (non-hydrogen) atoms. The van der Waals surface area contributed by atoms with Crippen LogP contribution in [0.5, 0.6) is 5.75 Å². The number of carbonyl (C=O) groups excluding carboxylic acids is 1. The zero-order valence-electron chi connectivity index (χ0n) is 13.2. The average Bonchev–Trinajstić information content (AvgIpc) is 2.55. The Labute approximate surface area is 145 Å². The fourth-order valence-corrected chi connectivity index (χ4v) is 3.51. The Balaban J connectivity index is 2.29. The Hall–Kier alpha value is -2.09. The van der Waals surface area contributed by atoms with Gasteiger partial charge in [0.1, 0.15) is 5.75 Å². The highest BCUT2D eigenvalue weighted by atomic mass is 35.5. The average molecular weight is 369 g/mol. The predicted molar refractivity (Wildman–Crippen MR) is 91.6 cm³/mol. The van der Waals surface area contributed by atoms with E-state index >= 15 is 0 Å². The van der Waals surface area contributed by atoms with Crippen molar-refractivity contribution in [1.29, 1.82) is 0 Å². The third kappa shape index (κ3) is 3.87. The van der Waals surface area contributed by atoms with E-state index in [4.69, 9.17) is 22.1 Å². The molecule has 0 atom stereocenters. The van der Waals surface area contributed by atoms with Gasteiger partial charge in [-0.2, -0.15) is 4.31 Å². The maximum Gasteiger partial charge on any atom is 0.248 e. The lowest BCUT2D eigenvalue weighted by Crippen LogP contribution is -2.26. The Morgan fingerprint density at radius 2 is 1.83 bits per heavy atom. The third-order valence-corrected chi connectivity index (χ3v) is 5.54. The summed E-state index contributed by atoms with van der Waals surface area (Å²) >= 11 is 5.97. The summed E-state index contributed by atoms with van der Waals surface area (Å²) in [7, 11) is -0.775. The van der Waals surface area contributed by atoms with Gasteiger partial charge in [-0.3, -0.25) is 4.79 Å². The molecule has 6 nitrogen and oxygen atoms in total. The number of amides is 1. The maximum atomic E-state index is 12.6. The van der Waals surface area contributed by atoms with Crippen molar-refractivity contribution in [1.82, 2.24) is 4.31 Å². The number of nitrogens with two attached hydrogens (primary N) is 1. The molecule has 2 N–H and O–H groups in total. The van der Waals surface area contributed by atoms with Crippen molar-refractivity contribution >= 4 is 27.5 Å². The second-order valence-electron chi connectivity index (χ2n) is 5.11. The number of sulfonamides is 1. The molecule has 0 aliphatic rings. The molecule has 0 heterocycles. The molecule has 0 bridgehead atoms. The molecule has 2 aromatic rings. The first-order valence-corrected chi connectivity index (χ1v) is 8.76. The minimum Gasteiger partial charge on any atom is -0.496 e. The van der Waals surface area contributed by atoms with Crippen molar-refractivity contribution in [3.05, 3.63) is 58.6 Å². The molecular weight excluding hydrogens is 352 g/mol. The molecule has 0 fully saturated rings. The summed E-state index contributed by atoms with van der Waals surface area (Å²) in [6, 6.07) is 10.5. The summed E-state index contributed by atoms with van der Waals surface area (Å²) in [5, 5.41) is 0.488. The monoisotopic (exact) mass is 368 g/mol. The van der Waals surface area contributed by atoms with Crippen LogP contribution in [0.2, 0.25) is 5.02 Å². The van der Waals surface area contributed by atoms with Crippen molar-refractivity contribution in [2.45, 2.75) is 11.4 Å². The molecule has 2 rings (SSSR count). The number of carbonyl (C=O) groups is 1. The van der Waals surface area contributed by atoms with Gasteiger partial charge in [0.15, 0.2) is 0 Å². The topological polar surface area (TPSA) is 89.7 Å². The highest BCUT2D eigenvalue weighted by Gasteiger charge is 2.22. The second kappa shape index (κ2) is 7.21. The van der Waals surface area contributed by atoms with E-state index in [0.29, 0.717) is 16.3 Å². The quantitative estimate of drug-likeness (QED) is 0.846. The lowest BCUT2D eigenvalue weighted by Gasteiger charge is -2.19. The standard InChI is InChI=1S/C16H17ClN2O4S/c1-19(10-12-9-13(17)5-8-15(12)23-2)24(21,22)14-6-3-11(4-7-14)16(18)20/h3-9H,10H2,1-2H3,(H2,18,20). The van der Waals surface area contributed by atoms with Crippen LogP contribution in [0.3, 0.4) is 0 Å². The highest BCUT2D eigenvalue weighted by molar-refractivity contribution is 7.89. The van der Waals surface area contributed by atoms with Gasteiger partial charge in [0, 0.05) is 29.7 Å². The van der Waals surface area contributed by atoms with Crippen LogP contribution in [-0.4, -0.2) is 32.8 Å². The highest BCUT2D eigenvalue weighted by Crippen LogP contribution is 2.26. The van der Waals surface area contributed by atoms with Crippen LogP contribution in [0.25, 0.3) is 0 Å². The van der Waals surface area contributed by atoms with Crippen LogP contribution in [-0.2, 0) is 16.6 Å². The van der Waals surface area contributed by atoms with Crippen molar-refractivity contribution in [3.63, 3.8) is 0 Å². The summed E-state index contributed by atoms with van der Waals surface area (Å²) in [5.74, 6) is -0.0681. The van der Waals surface area contributed by atoms with Gasteiger partial charge in [-0.25, -0.2) is 8.42 Å². The molecule has 128 valence electrons. The Bertz CT molecular complexity index is 851. The normalized spacial score (nSPS) is 11.5. The number of benzene rings is 2. The Morgan fingerprint density at radius 3 is 2.38 bits per heavy atom. The molecule has 8 heteroatoms. The van der Waals surface area contributed by atoms with Crippen molar-refractivity contribution in [2.24, 2.45) is 5.73 Å². The van der Waals surface area contributed by atoms with Gasteiger partial charge >= 0.3 is 0 Å². The van der Waals surface area contributed by atoms with Crippen LogP contribution in [0.15, 0.2) is 47.4 Å². The van der Waals surface area contributed by atoms with E-state index in [1.54, 1.807) is 18.2 Å². The van der Waals surface area contributed by atoms with Gasteiger partial charge in [0.05, 0.1) is 12.0 Å². The first-order chi connectivity index (χ1) is 11.3. The SMILES string of the molecule is COc1ccc(Cl)cc1CN(C)S(=O)(=O)c1ccc(C(N)=O)cc1.